The SMILES string of the molecule is C[C@H]1CO[C@H](CO)CN1C(=O)OC(C)(C)C.C[C@H]1CO[C@H](CO)CN1Cc1ccccc1. The molecule has 0 aliphatic carbocycles. The van der Waals surface area contributed by atoms with E-state index >= 15 is 0 Å². The van der Waals surface area contributed by atoms with Crippen molar-refractivity contribution in [2.24, 2.45) is 0 Å². The molecule has 0 radical (unpaired) electrons. The van der Waals surface area contributed by atoms with Gasteiger partial charge in [0.25, 0.3) is 0 Å². The lowest BCUT2D eigenvalue weighted by atomic mass is 10.1. The highest BCUT2D eigenvalue weighted by atomic mass is 16.6. The molecule has 2 fully saturated rings. The predicted octanol–water partition coefficient (Wildman–Crippen LogP) is 2.27. The minimum atomic E-state index is -0.496. The van der Waals surface area contributed by atoms with Crippen molar-refractivity contribution in [1.29, 1.82) is 0 Å². The predicted molar refractivity (Wildman–Crippen MR) is 122 cm³/mol. The quantitative estimate of drug-likeness (QED) is 0.724. The van der Waals surface area contributed by atoms with Crippen LogP contribution in [0, 0.1) is 0 Å². The Morgan fingerprint density at radius 2 is 1.56 bits per heavy atom. The molecule has 1 aromatic rings. The number of nitrogens with zero attached hydrogens (tertiary/aromatic N) is 2. The third kappa shape index (κ3) is 8.67. The molecule has 0 spiro atoms. The van der Waals surface area contributed by atoms with Crippen LogP contribution >= 0.6 is 0 Å². The normalized spacial score (nSPS) is 26.8. The molecule has 2 aliphatic rings. The number of amides is 1. The molecule has 1 amide bonds. The fourth-order valence-corrected chi connectivity index (χ4v) is 3.53. The van der Waals surface area contributed by atoms with E-state index in [9.17, 15) is 4.79 Å². The first-order chi connectivity index (χ1) is 15.1. The number of rotatable bonds is 4. The first-order valence-corrected chi connectivity index (χ1v) is 11.4. The molecule has 0 aromatic heterocycles. The largest absolute Gasteiger partial charge is 0.444 e. The van der Waals surface area contributed by atoms with Gasteiger partial charge in [-0.15, -0.1) is 0 Å². The molecule has 2 heterocycles. The second-order valence-electron chi connectivity index (χ2n) is 9.52. The summed E-state index contributed by atoms with van der Waals surface area (Å²) in [5.74, 6) is 0. The van der Waals surface area contributed by atoms with Gasteiger partial charge in [0.15, 0.2) is 0 Å². The molecular formula is C24H40N2O6. The molecule has 2 aliphatic heterocycles. The van der Waals surface area contributed by atoms with E-state index in [1.807, 2.05) is 33.8 Å². The molecule has 0 bridgehead atoms. The number of hydrogen-bond donors (Lipinski definition) is 2. The minimum absolute atomic E-state index is 0.0161. The highest BCUT2D eigenvalue weighted by Gasteiger charge is 2.32. The summed E-state index contributed by atoms with van der Waals surface area (Å²) in [5, 5.41) is 18.1. The van der Waals surface area contributed by atoms with Gasteiger partial charge in [-0.2, -0.15) is 0 Å². The maximum absolute atomic E-state index is 11.9. The maximum Gasteiger partial charge on any atom is 0.410 e. The van der Waals surface area contributed by atoms with Gasteiger partial charge < -0.3 is 29.3 Å². The van der Waals surface area contributed by atoms with E-state index in [0.717, 1.165) is 13.1 Å². The molecule has 2 saturated heterocycles. The Balaban J connectivity index is 0.000000227. The Hall–Kier alpha value is -1.71. The van der Waals surface area contributed by atoms with Crippen LogP contribution in [-0.2, 0) is 20.8 Å². The van der Waals surface area contributed by atoms with Crippen LogP contribution in [0.2, 0.25) is 0 Å². The number of benzene rings is 1. The summed E-state index contributed by atoms with van der Waals surface area (Å²) in [6.45, 7) is 12.9. The molecule has 32 heavy (non-hydrogen) atoms. The number of ether oxygens (including phenoxy) is 3. The minimum Gasteiger partial charge on any atom is -0.444 e. The number of carbonyl (C=O) groups excluding carboxylic acids is 1. The Bertz CT molecular complexity index is 681. The van der Waals surface area contributed by atoms with E-state index in [-0.39, 0.29) is 37.6 Å². The highest BCUT2D eigenvalue weighted by molar-refractivity contribution is 5.68. The van der Waals surface area contributed by atoms with E-state index in [1.54, 1.807) is 4.90 Å². The molecule has 1 aromatic carbocycles. The molecule has 0 saturated carbocycles. The van der Waals surface area contributed by atoms with Gasteiger partial charge in [-0.25, -0.2) is 4.79 Å². The standard InChI is InChI=1S/C13H19NO2.C11H21NO4/c1-11-10-16-13(9-15)8-14(11)7-12-5-3-2-4-6-12;1-8-7-15-9(6-13)5-12(8)10(14)16-11(2,3)4/h2-6,11,13,15H,7-10H2,1H3;8-9,13H,5-7H2,1-4H3/t11-,13-;8-,9-/m00/s1. The van der Waals surface area contributed by atoms with Crippen molar-refractivity contribution in [2.75, 3.05) is 39.5 Å². The Kier molecular flexibility index (Phi) is 10.4. The lowest BCUT2D eigenvalue weighted by Gasteiger charge is -2.38. The van der Waals surface area contributed by atoms with Crippen LogP contribution < -0.4 is 0 Å². The van der Waals surface area contributed by atoms with Crippen LogP contribution in [0.4, 0.5) is 4.79 Å². The van der Waals surface area contributed by atoms with Gasteiger partial charge in [-0.3, -0.25) is 4.90 Å². The van der Waals surface area contributed by atoms with Crippen LogP contribution in [0.1, 0.15) is 40.2 Å². The van der Waals surface area contributed by atoms with Crippen molar-refractivity contribution in [3.8, 4) is 0 Å². The number of aliphatic hydroxyl groups excluding tert-OH is 2. The average molecular weight is 453 g/mol. The van der Waals surface area contributed by atoms with Crippen molar-refractivity contribution in [2.45, 2.75) is 71.1 Å². The fraction of sp³-hybridized carbons (Fsp3) is 0.708. The lowest BCUT2D eigenvalue weighted by Crippen LogP contribution is -2.53. The number of carbonyl (C=O) groups is 1. The molecule has 4 atom stereocenters. The van der Waals surface area contributed by atoms with Gasteiger partial charge in [-0.1, -0.05) is 30.3 Å². The van der Waals surface area contributed by atoms with Crippen LogP contribution in [-0.4, -0.2) is 95.5 Å². The van der Waals surface area contributed by atoms with Gasteiger partial charge in [0.1, 0.15) is 5.60 Å². The number of morpholine rings is 2. The summed E-state index contributed by atoms with van der Waals surface area (Å²) >= 11 is 0. The van der Waals surface area contributed by atoms with Crippen LogP contribution in [0.5, 0.6) is 0 Å². The maximum atomic E-state index is 11.9. The van der Waals surface area contributed by atoms with Gasteiger partial charge in [-0.05, 0) is 40.2 Å². The second kappa shape index (κ2) is 12.5. The Labute approximate surface area is 192 Å². The van der Waals surface area contributed by atoms with Crippen molar-refractivity contribution in [3.63, 3.8) is 0 Å². The van der Waals surface area contributed by atoms with E-state index in [2.05, 4.69) is 36.1 Å². The topological polar surface area (TPSA) is 91.7 Å². The summed E-state index contributed by atoms with van der Waals surface area (Å²) in [6.07, 6.45) is -0.676. The van der Waals surface area contributed by atoms with Crippen molar-refractivity contribution < 1.29 is 29.2 Å². The molecule has 3 rings (SSSR count). The Morgan fingerprint density at radius 1 is 1.00 bits per heavy atom. The zero-order chi connectivity index (χ0) is 23.7. The van der Waals surface area contributed by atoms with Crippen LogP contribution in [0.25, 0.3) is 0 Å². The zero-order valence-corrected chi connectivity index (χ0v) is 20.1. The molecule has 182 valence electrons. The molecule has 8 nitrogen and oxygen atoms in total. The van der Waals surface area contributed by atoms with E-state index in [0.29, 0.717) is 25.8 Å². The van der Waals surface area contributed by atoms with Gasteiger partial charge in [0.2, 0.25) is 0 Å². The number of aliphatic hydroxyl groups is 2. The first kappa shape index (κ1) is 26.5. The van der Waals surface area contributed by atoms with Crippen LogP contribution in [0.3, 0.4) is 0 Å². The molecule has 2 N–H and O–H groups in total. The van der Waals surface area contributed by atoms with E-state index < -0.39 is 5.60 Å². The van der Waals surface area contributed by atoms with Gasteiger partial charge >= 0.3 is 6.09 Å². The fourth-order valence-electron chi connectivity index (χ4n) is 3.53. The summed E-state index contributed by atoms with van der Waals surface area (Å²) in [5.41, 5.74) is 0.817. The molecule has 8 heteroatoms. The highest BCUT2D eigenvalue weighted by Crippen LogP contribution is 2.17. The smallest absolute Gasteiger partial charge is 0.410 e. The average Bonchev–Trinajstić information content (AvgIpc) is 2.75. The third-order valence-electron chi connectivity index (χ3n) is 5.40. The first-order valence-electron chi connectivity index (χ1n) is 11.4. The summed E-state index contributed by atoms with van der Waals surface area (Å²) in [7, 11) is 0. The number of hydrogen-bond acceptors (Lipinski definition) is 7. The Morgan fingerprint density at radius 3 is 2.12 bits per heavy atom. The second-order valence-corrected chi connectivity index (χ2v) is 9.52. The van der Waals surface area contributed by atoms with E-state index in [1.165, 1.54) is 5.56 Å². The van der Waals surface area contributed by atoms with Gasteiger partial charge in [0.05, 0.1) is 51.2 Å². The van der Waals surface area contributed by atoms with Gasteiger partial charge in [0, 0.05) is 19.1 Å². The van der Waals surface area contributed by atoms with Crippen molar-refractivity contribution in [3.05, 3.63) is 35.9 Å². The van der Waals surface area contributed by atoms with Crippen LogP contribution in [0.15, 0.2) is 30.3 Å². The van der Waals surface area contributed by atoms with Crippen molar-refractivity contribution in [1.82, 2.24) is 9.80 Å². The molecular weight excluding hydrogens is 412 g/mol. The lowest BCUT2D eigenvalue weighted by molar-refractivity contribution is -0.0806. The monoisotopic (exact) mass is 452 g/mol. The third-order valence-corrected chi connectivity index (χ3v) is 5.40. The summed E-state index contributed by atoms with van der Waals surface area (Å²) < 4.78 is 16.2. The summed E-state index contributed by atoms with van der Waals surface area (Å²) in [6, 6.07) is 10.8. The van der Waals surface area contributed by atoms with E-state index in [4.69, 9.17) is 24.4 Å². The zero-order valence-electron chi connectivity index (χ0n) is 20.1. The molecule has 0 unspecified atom stereocenters. The van der Waals surface area contributed by atoms with Crippen molar-refractivity contribution >= 4 is 6.09 Å². The summed E-state index contributed by atoms with van der Waals surface area (Å²) in [4.78, 5) is 15.8.